The molecule has 0 bridgehead atoms. The molecule has 0 aliphatic heterocycles. The van der Waals surface area contributed by atoms with Crippen LogP contribution < -0.4 is 20.2 Å². The van der Waals surface area contributed by atoms with E-state index >= 15 is 0 Å². The molecule has 4 aromatic carbocycles. The van der Waals surface area contributed by atoms with E-state index in [2.05, 4.69) is 10.7 Å². The average Bonchev–Trinajstić information content (AvgIpc) is 2.99. The fourth-order valence-electron chi connectivity index (χ4n) is 4.49. The zero-order chi connectivity index (χ0) is 29.4. The summed E-state index contributed by atoms with van der Waals surface area (Å²) in [4.78, 5) is 27.0. The number of hydrazine groups is 1. The highest BCUT2D eigenvalue weighted by molar-refractivity contribution is 5.98. The number of hydrogen-bond donors (Lipinski definition) is 2. The van der Waals surface area contributed by atoms with E-state index in [-0.39, 0.29) is 24.1 Å². The van der Waals surface area contributed by atoms with Crippen molar-refractivity contribution in [2.45, 2.75) is 26.3 Å². The van der Waals surface area contributed by atoms with Gasteiger partial charge in [0.05, 0.1) is 19.9 Å². The van der Waals surface area contributed by atoms with Gasteiger partial charge in [0.1, 0.15) is 23.4 Å². The van der Waals surface area contributed by atoms with Gasteiger partial charge in [0.2, 0.25) is 0 Å². The Hall–Kier alpha value is -4.85. The number of carbonyl (C=O) groups is 2. The predicted molar refractivity (Wildman–Crippen MR) is 159 cm³/mol. The van der Waals surface area contributed by atoms with E-state index in [1.165, 1.54) is 24.3 Å². The standard InChI is InChI=1S/C33H34FN3O4/c1-5-37(36-27-14-16-28(40-3)17-15-27)33(39)30(35-32(38)25-8-6-7-22(2)19-25)20-23-9-11-24(12-10-23)29-21-26(34)13-18-31(29)41-4/h6-19,21,30,36H,5,20H2,1-4H3,(H,35,38). The minimum atomic E-state index is -0.858. The SMILES string of the molecule is CCN(Nc1ccc(OC)cc1)C(=O)C(Cc1ccc(-c2cc(F)ccc2OC)cc1)NC(=O)c1cccc(C)c1. The minimum Gasteiger partial charge on any atom is -0.497 e. The number of methoxy groups -OCH3 is 2. The second-order valence-corrected chi connectivity index (χ2v) is 9.56. The van der Waals surface area contributed by atoms with Crippen LogP contribution in [-0.4, -0.2) is 43.6 Å². The molecule has 1 unspecified atom stereocenters. The maximum atomic E-state index is 13.9. The van der Waals surface area contributed by atoms with E-state index in [1.807, 2.05) is 62.4 Å². The highest BCUT2D eigenvalue weighted by Crippen LogP contribution is 2.31. The number of amides is 2. The van der Waals surface area contributed by atoms with Crippen LogP contribution in [0, 0.1) is 12.7 Å². The average molecular weight is 556 g/mol. The van der Waals surface area contributed by atoms with Crippen molar-refractivity contribution >= 4 is 17.5 Å². The van der Waals surface area contributed by atoms with Crippen LogP contribution >= 0.6 is 0 Å². The van der Waals surface area contributed by atoms with Gasteiger partial charge in [0.15, 0.2) is 0 Å². The van der Waals surface area contributed by atoms with Crippen LogP contribution in [0.3, 0.4) is 0 Å². The lowest BCUT2D eigenvalue weighted by molar-refractivity contribution is -0.131. The van der Waals surface area contributed by atoms with Crippen molar-refractivity contribution in [1.82, 2.24) is 10.3 Å². The Morgan fingerprint density at radius 2 is 1.63 bits per heavy atom. The van der Waals surface area contributed by atoms with Crippen LogP contribution in [0.1, 0.15) is 28.4 Å². The zero-order valence-electron chi connectivity index (χ0n) is 23.6. The van der Waals surface area contributed by atoms with Crippen LogP contribution in [-0.2, 0) is 11.2 Å². The summed E-state index contributed by atoms with van der Waals surface area (Å²) < 4.78 is 24.6. The van der Waals surface area contributed by atoms with Crippen LogP contribution in [0.5, 0.6) is 11.5 Å². The molecule has 0 saturated carbocycles. The first kappa shape index (κ1) is 29.1. The number of anilines is 1. The number of carbonyl (C=O) groups excluding carboxylic acids is 2. The van der Waals surface area contributed by atoms with Crippen LogP contribution in [0.25, 0.3) is 11.1 Å². The summed E-state index contributed by atoms with van der Waals surface area (Å²) in [5.41, 5.74) is 7.49. The van der Waals surface area contributed by atoms with Gasteiger partial charge in [0, 0.05) is 24.1 Å². The fourth-order valence-corrected chi connectivity index (χ4v) is 4.49. The lowest BCUT2D eigenvalue weighted by atomic mass is 9.99. The molecule has 1 atom stereocenters. The van der Waals surface area contributed by atoms with Gasteiger partial charge in [-0.15, -0.1) is 0 Å². The molecule has 0 radical (unpaired) electrons. The second-order valence-electron chi connectivity index (χ2n) is 9.56. The Kier molecular flexibility index (Phi) is 9.58. The first-order chi connectivity index (χ1) is 19.8. The number of likely N-dealkylation sites (N-methyl/N-ethyl adjacent to an activating group) is 1. The van der Waals surface area contributed by atoms with Gasteiger partial charge in [-0.3, -0.25) is 20.0 Å². The molecular formula is C33H34FN3O4. The number of nitrogens with one attached hydrogen (secondary N) is 2. The van der Waals surface area contributed by atoms with Crippen molar-refractivity contribution in [3.63, 3.8) is 0 Å². The molecule has 41 heavy (non-hydrogen) atoms. The molecule has 2 N–H and O–H groups in total. The first-order valence-corrected chi connectivity index (χ1v) is 13.3. The quantitative estimate of drug-likeness (QED) is 0.221. The lowest BCUT2D eigenvalue weighted by Gasteiger charge is -2.28. The number of halogens is 1. The summed E-state index contributed by atoms with van der Waals surface area (Å²) in [6, 6.07) is 25.4. The highest BCUT2D eigenvalue weighted by Gasteiger charge is 2.27. The molecule has 4 aromatic rings. The summed E-state index contributed by atoms with van der Waals surface area (Å²) in [6.07, 6.45) is 0.248. The van der Waals surface area contributed by atoms with Crippen LogP contribution in [0.15, 0.2) is 91.0 Å². The van der Waals surface area contributed by atoms with Gasteiger partial charge in [-0.05, 0) is 79.6 Å². The Morgan fingerprint density at radius 1 is 0.902 bits per heavy atom. The third-order valence-corrected chi connectivity index (χ3v) is 6.69. The van der Waals surface area contributed by atoms with Gasteiger partial charge < -0.3 is 14.8 Å². The van der Waals surface area contributed by atoms with E-state index in [0.29, 0.717) is 34.9 Å². The normalized spacial score (nSPS) is 11.3. The molecule has 0 fully saturated rings. The fraction of sp³-hybridized carbons (Fsp3) is 0.212. The maximum absolute atomic E-state index is 13.9. The zero-order valence-corrected chi connectivity index (χ0v) is 23.6. The van der Waals surface area contributed by atoms with Gasteiger partial charge in [-0.25, -0.2) is 4.39 Å². The number of hydrogen-bond acceptors (Lipinski definition) is 5. The van der Waals surface area contributed by atoms with E-state index in [4.69, 9.17) is 9.47 Å². The number of nitrogens with zero attached hydrogens (tertiary/aromatic N) is 1. The molecule has 212 valence electrons. The number of aryl methyl sites for hydroxylation is 1. The number of rotatable bonds is 11. The molecule has 0 aliphatic carbocycles. The highest BCUT2D eigenvalue weighted by atomic mass is 19.1. The van der Waals surface area contributed by atoms with Crippen molar-refractivity contribution < 1.29 is 23.5 Å². The third-order valence-electron chi connectivity index (χ3n) is 6.69. The molecule has 2 amide bonds. The molecular weight excluding hydrogens is 521 g/mol. The van der Waals surface area contributed by atoms with Crippen LogP contribution in [0.4, 0.5) is 10.1 Å². The molecule has 4 rings (SSSR count). The molecule has 0 aliphatic rings. The Labute approximate surface area is 239 Å². The van der Waals surface area contributed by atoms with E-state index in [9.17, 15) is 14.0 Å². The van der Waals surface area contributed by atoms with Crippen molar-refractivity contribution in [2.75, 3.05) is 26.2 Å². The minimum absolute atomic E-state index is 0.248. The Balaban J connectivity index is 1.59. The lowest BCUT2D eigenvalue weighted by Crippen LogP contribution is -2.51. The molecule has 7 nitrogen and oxygen atoms in total. The van der Waals surface area contributed by atoms with E-state index in [1.54, 1.807) is 37.4 Å². The molecule has 0 aromatic heterocycles. The van der Waals surface area contributed by atoms with Gasteiger partial charge in [0.25, 0.3) is 11.8 Å². The summed E-state index contributed by atoms with van der Waals surface area (Å²) in [5, 5.41) is 4.42. The summed E-state index contributed by atoms with van der Waals surface area (Å²) in [7, 11) is 3.13. The summed E-state index contributed by atoms with van der Waals surface area (Å²) in [5.74, 6) is 0.264. The van der Waals surface area contributed by atoms with E-state index in [0.717, 1.165) is 16.7 Å². The van der Waals surface area contributed by atoms with Crippen LogP contribution in [0.2, 0.25) is 0 Å². The molecule has 0 heterocycles. The number of ether oxygens (including phenoxy) is 2. The van der Waals surface area contributed by atoms with Gasteiger partial charge in [-0.2, -0.15) is 0 Å². The Bertz CT molecular complexity index is 1490. The first-order valence-electron chi connectivity index (χ1n) is 13.3. The summed E-state index contributed by atoms with van der Waals surface area (Å²) >= 11 is 0. The van der Waals surface area contributed by atoms with Crippen molar-refractivity contribution in [3.05, 3.63) is 114 Å². The monoisotopic (exact) mass is 555 g/mol. The van der Waals surface area contributed by atoms with Crippen molar-refractivity contribution in [2.24, 2.45) is 0 Å². The smallest absolute Gasteiger partial charge is 0.263 e. The van der Waals surface area contributed by atoms with Crippen molar-refractivity contribution in [1.29, 1.82) is 0 Å². The largest absolute Gasteiger partial charge is 0.497 e. The maximum Gasteiger partial charge on any atom is 0.263 e. The predicted octanol–water partition coefficient (Wildman–Crippen LogP) is 6.04. The van der Waals surface area contributed by atoms with Gasteiger partial charge >= 0.3 is 0 Å². The second kappa shape index (κ2) is 13.5. The topological polar surface area (TPSA) is 79.9 Å². The van der Waals surface area contributed by atoms with Crippen molar-refractivity contribution in [3.8, 4) is 22.6 Å². The van der Waals surface area contributed by atoms with E-state index < -0.39 is 6.04 Å². The Morgan fingerprint density at radius 3 is 2.27 bits per heavy atom. The summed E-state index contributed by atoms with van der Waals surface area (Å²) in [6.45, 7) is 4.13. The number of benzene rings is 4. The van der Waals surface area contributed by atoms with Gasteiger partial charge in [-0.1, -0.05) is 42.0 Å². The molecule has 8 heteroatoms. The third kappa shape index (κ3) is 7.42. The molecule has 0 saturated heterocycles. The molecule has 0 spiro atoms.